The normalized spacial score (nSPS) is 11.3. The Bertz CT molecular complexity index is 1310. The Kier molecular flexibility index (Phi) is 6.27. The molecule has 174 valence electrons. The van der Waals surface area contributed by atoms with Gasteiger partial charge in [-0.15, -0.1) is 5.10 Å². The standard InChI is InChI=1S/C25H25FN6O2/c1-25(2,29-22(33)20-10-7-15-31(20)3)23(34)28-24-27-21(18-11-13-19(26)14-12-18)32(30-24)16-17-8-5-4-6-9-17/h4-15H,16H2,1-3H3,(H,29,33)(H,28,30,34). The third kappa shape index (κ3) is 5.03. The fraction of sp³-hybridized carbons (Fsp3) is 0.200. The van der Waals surface area contributed by atoms with Gasteiger partial charge in [-0.05, 0) is 55.8 Å². The molecule has 0 bridgehead atoms. The number of nitrogens with zero attached hydrogens (tertiary/aromatic N) is 4. The number of benzene rings is 2. The van der Waals surface area contributed by atoms with Crippen LogP contribution >= 0.6 is 0 Å². The van der Waals surface area contributed by atoms with Crippen LogP contribution in [0.5, 0.6) is 0 Å². The van der Waals surface area contributed by atoms with Gasteiger partial charge in [0.15, 0.2) is 5.82 Å². The Morgan fingerprint density at radius 1 is 1.00 bits per heavy atom. The van der Waals surface area contributed by atoms with Crippen molar-refractivity contribution in [1.29, 1.82) is 0 Å². The van der Waals surface area contributed by atoms with Crippen LogP contribution in [0.1, 0.15) is 29.9 Å². The fourth-order valence-electron chi connectivity index (χ4n) is 3.43. The van der Waals surface area contributed by atoms with Gasteiger partial charge in [-0.3, -0.25) is 14.9 Å². The molecule has 0 spiro atoms. The van der Waals surface area contributed by atoms with Crippen LogP contribution in [0.15, 0.2) is 72.9 Å². The second-order valence-electron chi connectivity index (χ2n) is 8.45. The van der Waals surface area contributed by atoms with Gasteiger partial charge in [0.05, 0.1) is 6.54 Å². The SMILES string of the molecule is Cn1cccc1C(=O)NC(C)(C)C(=O)Nc1nc(-c2ccc(F)cc2)n(Cc2ccccc2)n1. The molecule has 2 amide bonds. The summed E-state index contributed by atoms with van der Waals surface area (Å²) < 4.78 is 16.8. The number of aryl methyl sites for hydroxylation is 1. The summed E-state index contributed by atoms with van der Waals surface area (Å²) in [4.78, 5) is 30.1. The smallest absolute Gasteiger partial charge is 0.268 e. The van der Waals surface area contributed by atoms with Crippen molar-refractivity contribution < 1.29 is 14.0 Å². The molecule has 9 heteroatoms. The van der Waals surface area contributed by atoms with Crippen LogP contribution < -0.4 is 10.6 Å². The van der Waals surface area contributed by atoms with Gasteiger partial charge in [-0.2, -0.15) is 4.98 Å². The highest BCUT2D eigenvalue weighted by atomic mass is 19.1. The van der Waals surface area contributed by atoms with Crippen LogP contribution in [-0.4, -0.2) is 36.7 Å². The van der Waals surface area contributed by atoms with Crippen LogP contribution in [0.2, 0.25) is 0 Å². The molecule has 0 aliphatic rings. The lowest BCUT2D eigenvalue weighted by atomic mass is 10.0. The predicted octanol–water partition coefficient (Wildman–Crippen LogP) is 3.62. The molecule has 0 aliphatic heterocycles. The molecule has 0 saturated heterocycles. The van der Waals surface area contributed by atoms with E-state index in [1.807, 2.05) is 30.3 Å². The molecule has 4 rings (SSSR count). The van der Waals surface area contributed by atoms with E-state index in [1.165, 1.54) is 12.1 Å². The Labute approximate surface area is 196 Å². The molecule has 34 heavy (non-hydrogen) atoms. The lowest BCUT2D eigenvalue weighted by Crippen LogP contribution is -2.52. The molecule has 8 nitrogen and oxygen atoms in total. The molecule has 2 aromatic carbocycles. The van der Waals surface area contributed by atoms with E-state index in [1.54, 1.807) is 60.6 Å². The molecular weight excluding hydrogens is 435 g/mol. The number of anilines is 1. The first-order valence-corrected chi connectivity index (χ1v) is 10.7. The van der Waals surface area contributed by atoms with Crippen LogP contribution in [0.25, 0.3) is 11.4 Å². The second kappa shape index (κ2) is 9.30. The molecule has 2 N–H and O–H groups in total. The summed E-state index contributed by atoms with van der Waals surface area (Å²) in [6, 6.07) is 19.0. The summed E-state index contributed by atoms with van der Waals surface area (Å²) in [5.41, 5.74) is 0.845. The quantitative estimate of drug-likeness (QED) is 0.441. The molecule has 0 fully saturated rings. The summed E-state index contributed by atoms with van der Waals surface area (Å²) in [5.74, 6) is -0.645. The molecule has 4 aromatic rings. The van der Waals surface area contributed by atoms with Gasteiger partial charge in [-0.25, -0.2) is 9.07 Å². The topological polar surface area (TPSA) is 93.8 Å². The van der Waals surface area contributed by atoms with Crippen molar-refractivity contribution in [2.75, 3.05) is 5.32 Å². The minimum absolute atomic E-state index is 0.0847. The minimum atomic E-state index is -1.23. The van der Waals surface area contributed by atoms with Crippen LogP contribution in [-0.2, 0) is 18.4 Å². The highest BCUT2D eigenvalue weighted by Gasteiger charge is 2.31. The van der Waals surface area contributed by atoms with Crippen molar-refractivity contribution in [2.45, 2.75) is 25.9 Å². The largest absolute Gasteiger partial charge is 0.347 e. The van der Waals surface area contributed by atoms with Gasteiger partial charge in [0.1, 0.15) is 17.1 Å². The number of hydrogen-bond acceptors (Lipinski definition) is 4. The van der Waals surface area contributed by atoms with Crippen LogP contribution in [0.3, 0.4) is 0 Å². The van der Waals surface area contributed by atoms with Crippen molar-refractivity contribution in [1.82, 2.24) is 24.6 Å². The van der Waals surface area contributed by atoms with E-state index in [0.717, 1.165) is 5.56 Å². The number of nitrogens with one attached hydrogen (secondary N) is 2. The number of halogens is 1. The Balaban J connectivity index is 1.57. The molecular formula is C25H25FN6O2. The predicted molar refractivity (Wildman–Crippen MR) is 127 cm³/mol. The number of hydrogen-bond donors (Lipinski definition) is 2. The van der Waals surface area contributed by atoms with Crippen molar-refractivity contribution >= 4 is 17.8 Å². The number of carbonyl (C=O) groups is 2. The average molecular weight is 461 g/mol. The van der Waals surface area contributed by atoms with Gasteiger partial charge < -0.3 is 9.88 Å². The molecule has 0 saturated carbocycles. The van der Waals surface area contributed by atoms with Gasteiger partial charge >= 0.3 is 0 Å². The zero-order chi connectivity index (χ0) is 24.3. The molecule has 2 aromatic heterocycles. The third-order valence-electron chi connectivity index (χ3n) is 5.34. The van der Waals surface area contributed by atoms with Gasteiger partial charge in [0.25, 0.3) is 11.8 Å². The maximum atomic E-state index is 13.5. The highest BCUT2D eigenvalue weighted by molar-refractivity contribution is 6.02. The number of rotatable bonds is 7. The van der Waals surface area contributed by atoms with E-state index in [0.29, 0.717) is 23.6 Å². The van der Waals surface area contributed by atoms with Crippen LogP contribution in [0.4, 0.5) is 10.3 Å². The fourth-order valence-corrected chi connectivity index (χ4v) is 3.43. The Morgan fingerprint density at radius 2 is 1.71 bits per heavy atom. The third-order valence-corrected chi connectivity index (χ3v) is 5.34. The summed E-state index contributed by atoms with van der Waals surface area (Å²) in [6.45, 7) is 3.61. The number of carbonyl (C=O) groups excluding carboxylic acids is 2. The van der Waals surface area contributed by atoms with Crippen molar-refractivity contribution in [2.24, 2.45) is 7.05 Å². The lowest BCUT2D eigenvalue weighted by molar-refractivity contribution is -0.121. The van der Waals surface area contributed by atoms with Crippen LogP contribution in [0, 0.1) is 5.82 Å². The van der Waals surface area contributed by atoms with E-state index in [2.05, 4.69) is 20.7 Å². The zero-order valence-electron chi connectivity index (χ0n) is 19.1. The summed E-state index contributed by atoms with van der Waals surface area (Å²) >= 11 is 0. The first kappa shape index (κ1) is 22.9. The van der Waals surface area contributed by atoms with Gasteiger partial charge in [0, 0.05) is 18.8 Å². The summed E-state index contributed by atoms with van der Waals surface area (Å²) in [5, 5.41) is 9.90. The second-order valence-corrected chi connectivity index (χ2v) is 8.45. The monoisotopic (exact) mass is 460 g/mol. The maximum absolute atomic E-state index is 13.5. The van der Waals surface area contributed by atoms with Gasteiger partial charge in [0.2, 0.25) is 5.95 Å². The zero-order valence-corrected chi connectivity index (χ0v) is 19.1. The Morgan fingerprint density at radius 3 is 2.35 bits per heavy atom. The number of aromatic nitrogens is 4. The van der Waals surface area contributed by atoms with E-state index < -0.39 is 11.4 Å². The maximum Gasteiger partial charge on any atom is 0.268 e. The molecule has 0 atom stereocenters. The van der Waals surface area contributed by atoms with Crippen molar-refractivity contribution in [3.05, 3.63) is 90.0 Å². The van der Waals surface area contributed by atoms with E-state index >= 15 is 0 Å². The molecule has 2 heterocycles. The van der Waals surface area contributed by atoms with Crippen molar-refractivity contribution in [3.8, 4) is 11.4 Å². The summed E-state index contributed by atoms with van der Waals surface area (Å²) in [6.07, 6.45) is 1.75. The lowest BCUT2D eigenvalue weighted by Gasteiger charge is -2.24. The average Bonchev–Trinajstić information content (AvgIpc) is 3.40. The van der Waals surface area contributed by atoms with E-state index in [4.69, 9.17) is 0 Å². The highest BCUT2D eigenvalue weighted by Crippen LogP contribution is 2.21. The van der Waals surface area contributed by atoms with E-state index in [9.17, 15) is 14.0 Å². The Hall–Kier alpha value is -4.27. The number of amides is 2. The molecule has 0 aliphatic carbocycles. The van der Waals surface area contributed by atoms with E-state index in [-0.39, 0.29) is 17.7 Å². The molecule has 0 radical (unpaired) electrons. The summed E-state index contributed by atoms with van der Waals surface area (Å²) in [7, 11) is 1.75. The first-order valence-electron chi connectivity index (χ1n) is 10.7. The van der Waals surface area contributed by atoms with Crippen molar-refractivity contribution in [3.63, 3.8) is 0 Å². The van der Waals surface area contributed by atoms with Gasteiger partial charge in [-0.1, -0.05) is 30.3 Å². The first-order chi connectivity index (χ1) is 16.2. The molecule has 0 unspecified atom stereocenters. The minimum Gasteiger partial charge on any atom is -0.347 e.